The molecule has 0 spiro atoms. The van der Waals surface area contributed by atoms with Gasteiger partial charge in [0.05, 0.1) is 17.1 Å². The van der Waals surface area contributed by atoms with Gasteiger partial charge in [0.1, 0.15) is 0 Å². The van der Waals surface area contributed by atoms with E-state index in [1.165, 1.54) is 116 Å². The molecule has 356 valence electrons. The fourth-order valence-corrected chi connectivity index (χ4v) is 14.0. The van der Waals surface area contributed by atoms with Crippen LogP contribution in [0.1, 0.15) is 80.5 Å². The summed E-state index contributed by atoms with van der Waals surface area (Å²) in [6.07, 6.45) is 0. The Morgan fingerprint density at radius 2 is 0.797 bits per heavy atom. The van der Waals surface area contributed by atoms with Crippen molar-refractivity contribution in [3.05, 3.63) is 263 Å². The number of hydrogen-bond acceptors (Lipinski definition) is 2. The summed E-state index contributed by atoms with van der Waals surface area (Å²) in [5, 5.41) is 5.19. The van der Waals surface area contributed by atoms with Crippen LogP contribution in [0.15, 0.2) is 224 Å². The van der Waals surface area contributed by atoms with Crippen LogP contribution < -0.4 is 9.80 Å². The number of benzene rings is 11. The number of hydrogen-bond donors (Lipinski definition) is 0. The number of para-hydroxylation sites is 2. The molecule has 2 heteroatoms. The maximum Gasteiger partial charge on any atom is 0.0540 e. The summed E-state index contributed by atoms with van der Waals surface area (Å²) in [7, 11) is 0. The molecule has 2 nitrogen and oxygen atoms in total. The molecule has 0 amide bonds. The van der Waals surface area contributed by atoms with Crippen LogP contribution in [0.25, 0.3) is 66.1 Å². The number of nitrogens with zero attached hydrogens (tertiary/aromatic N) is 2. The summed E-state index contributed by atoms with van der Waals surface area (Å²) in [4.78, 5) is 5.07. The van der Waals surface area contributed by atoms with E-state index in [0.717, 1.165) is 22.7 Å². The van der Waals surface area contributed by atoms with Crippen LogP contribution in [0.3, 0.4) is 0 Å². The number of rotatable bonds is 7. The molecule has 11 aromatic rings. The molecule has 0 fully saturated rings. The molecule has 0 saturated carbocycles. The lowest BCUT2D eigenvalue weighted by atomic mass is 9.67. The average Bonchev–Trinajstić information content (AvgIpc) is 3.84. The van der Waals surface area contributed by atoms with E-state index in [9.17, 15) is 0 Å². The first-order chi connectivity index (χ1) is 35.9. The van der Waals surface area contributed by atoms with Gasteiger partial charge in [0.2, 0.25) is 0 Å². The Kier molecular flexibility index (Phi) is 9.58. The average molecular weight is 951 g/mol. The number of fused-ring (bicyclic) bond motifs is 10. The smallest absolute Gasteiger partial charge is 0.0540 e. The predicted octanol–water partition coefficient (Wildman–Crippen LogP) is 19.8. The number of anilines is 6. The lowest BCUT2D eigenvalue weighted by molar-refractivity contribution is 0.645. The molecule has 74 heavy (non-hydrogen) atoms. The van der Waals surface area contributed by atoms with Crippen molar-refractivity contribution < 1.29 is 0 Å². The third kappa shape index (κ3) is 6.18. The van der Waals surface area contributed by atoms with Crippen LogP contribution in [0.5, 0.6) is 0 Å². The Hall–Kier alpha value is -8.46. The van der Waals surface area contributed by atoms with E-state index >= 15 is 0 Å². The molecule has 0 N–H and O–H groups in total. The largest absolute Gasteiger partial charge is 0.310 e. The molecule has 0 heterocycles. The van der Waals surface area contributed by atoms with Gasteiger partial charge in [-0.05, 0) is 161 Å². The van der Waals surface area contributed by atoms with Gasteiger partial charge in [-0.3, -0.25) is 0 Å². The van der Waals surface area contributed by atoms with E-state index in [4.69, 9.17) is 0 Å². The Balaban J connectivity index is 0.975. The van der Waals surface area contributed by atoms with E-state index in [2.05, 4.69) is 283 Å². The highest BCUT2D eigenvalue weighted by Crippen LogP contribution is 2.59. The molecule has 0 bridgehead atoms. The Labute approximate surface area is 435 Å². The molecule has 0 saturated heterocycles. The second-order valence-electron chi connectivity index (χ2n) is 22.4. The highest BCUT2D eigenvalue weighted by Gasteiger charge is 2.42. The van der Waals surface area contributed by atoms with Crippen LogP contribution >= 0.6 is 0 Å². The first kappa shape index (κ1) is 44.3. The zero-order valence-electron chi connectivity index (χ0n) is 43.3. The Morgan fingerprint density at radius 3 is 1.46 bits per heavy atom. The topological polar surface area (TPSA) is 6.48 Å². The van der Waals surface area contributed by atoms with Crippen LogP contribution in [-0.2, 0) is 16.2 Å². The lowest BCUT2D eigenvalue weighted by Crippen LogP contribution is -2.25. The van der Waals surface area contributed by atoms with Crippen LogP contribution in [0.2, 0.25) is 0 Å². The van der Waals surface area contributed by atoms with Crippen molar-refractivity contribution in [2.45, 2.75) is 64.7 Å². The predicted molar refractivity (Wildman–Crippen MR) is 314 cm³/mol. The monoisotopic (exact) mass is 950 g/mol. The minimum atomic E-state index is -0.308. The van der Waals surface area contributed by atoms with Crippen LogP contribution in [0.4, 0.5) is 34.1 Å². The van der Waals surface area contributed by atoms with E-state index < -0.39 is 0 Å². The van der Waals surface area contributed by atoms with E-state index in [1.807, 2.05) is 0 Å². The van der Waals surface area contributed by atoms with E-state index in [1.54, 1.807) is 0 Å². The zero-order valence-corrected chi connectivity index (χ0v) is 43.3. The quantitative estimate of drug-likeness (QED) is 0.147. The maximum absolute atomic E-state index is 2.56. The SMILES string of the molecule is Cc1c2c3c(cccc3c3cc(N(c4ccccc4-c4ccccc4)c4cccc5c4C(C)(C)c4ccccc4-5)ccc13)C(C)(C)c1cc(N(c3ccccc3)c3cccc4c3C(C)(C)c3ccccc3-4)ccc1-2. The molecular formula is C72H58N2. The number of aryl methyl sites for hydroxylation is 1. The molecule has 0 aliphatic heterocycles. The molecule has 0 radical (unpaired) electrons. The summed E-state index contributed by atoms with van der Waals surface area (Å²) < 4.78 is 0. The molecule has 0 unspecified atom stereocenters. The first-order valence-electron chi connectivity index (χ1n) is 26.4. The summed E-state index contributed by atoms with van der Waals surface area (Å²) in [6.45, 7) is 16.8. The van der Waals surface area contributed by atoms with Gasteiger partial charge >= 0.3 is 0 Å². The van der Waals surface area contributed by atoms with Crippen molar-refractivity contribution >= 4 is 55.7 Å². The van der Waals surface area contributed by atoms with Gasteiger partial charge in [-0.25, -0.2) is 0 Å². The Morgan fingerprint density at radius 1 is 0.297 bits per heavy atom. The highest BCUT2D eigenvalue weighted by molar-refractivity contribution is 6.19. The third-order valence-corrected chi connectivity index (χ3v) is 17.4. The normalized spacial score (nSPS) is 14.7. The standard InChI is InChI=1S/C72H58N2/c1-45-50-41-39-48(74(63-36-19-16-27-51(63)46-23-10-8-11-24-46)65-38-22-32-56-53-29-15-18-34-60(53)72(6,7)69(56)65)43-58(50)54-30-20-35-61-67(54)66(45)57-42-40-49(44-62(57)70(61,2)3)73(47-25-12-9-13-26-47)64-37-21-31-55-52-28-14-17-33-59(52)71(4,5)68(55)64/h8-44H,1-7H3. The molecule has 11 aromatic carbocycles. The molecule has 0 aromatic heterocycles. The van der Waals surface area contributed by atoms with E-state index in [-0.39, 0.29) is 16.2 Å². The zero-order chi connectivity index (χ0) is 50.3. The fourth-order valence-electron chi connectivity index (χ4n) is 14.0. The van der Waals surface area contributed by atoms with Gasteiger partial charge in [-0.1, -0.05) is 211 Å². The minimum absolute atomic E-state index is 0.179. The summed E-state index contributed by atoms with van der Waals surface area (Å²) >= 11 is 0. The van der Waals surface area contributed by atoms with Gasteiger partial charge in [-0.15, -0.1) is 0 Å². The third-order valence-electron chi connectivity index (χ3n) is 17.4. The summed E-state index contributed by atoms with van der Waals surface area (Å²) in [6, 6.07) is 84.2. The van der Waals surface area contributed by atoms with Crippen molar-refractivity contribution in [2.75, 3.05) is 9.80 Å². The highest BCUT2D eigenvalue weighted by atomic mass is 15.2. The van der Waals surface area contributed by atoms with Crippen LogP contribution in [-0.4, -0.2) is 0 Å². The summed E-state index contributed by atoms with van der Waals surface area (Å²) in [5.41, 5.74) is 26.1. The Bertz CT molecular complexity index is 4120. The molecule has 3 aliphatic carbocycles. The van der Waals surface area contributed by atoms with Crippen LogP contribution in [0, 0.1) is 6.92 Å². The van der Waals surface area contributed by atoms with Crippen molar-refractivity contribution in [3.8, 4) is 44.5 Å². The second-order valence-corrected chi connectivity index (χ2v) is 22.4. The molecule has 14 rings (SSSR count). The minimum Gasteiger partial charge on any atom is -0.310 e. The van der Waals surface area contributed by atoms with Gasteiger partial charge in [0.15, 0.2) is 0 Å². The van der Waals surface area contributed by atoms with Gasteiger partial charge in [-0.2, -0.15) is 0 Å². The first-order valence-corrected chi connectivity index (χ1v) is 26.4. The molecular weight excluding hydrogens is 893 g/mol. The fraction of sp³-hybridized carbons (Fsp3) is 0.139. The maximum atomic E-state index is 2.56. The van der Waals surface area contributed by atoms with Gasteiger partial charge in [0, 0.05) is 38.9 Å². The van der Waals surface area contributed by atoms with Crippen molar-refractivity contribution in [1.82, 2.24) is 0 Å². The van der Waals surface area contributed by atoms with Gasteiger partial charge < -0.3 is 9.80 Å². The van der Waals surface area contributed by atoms with Crippen molar-refractivity contribution in [2.24, 2.45) is 0 Å². The van der Waals surface area contributed by atoms with E-state index in [0.29, 0.717) is 0 Å². The second kappa shape index (κ2) is 16.0. The molecule has 3 aliphatic rings. The molecule has 0 atom stereocenters. The van der Waals surface area contributed by atoms with Crippen molar-refractivity contribution in [3.63, 3.8) is 0 Å². The van der Waals surface area contributed by atoms with Gasteiger partial charge in [0.25, 0.3) is 0 Å². The summed E-state index contributed by atoms with van der Waals surface area (Å²) in [5.74, 6) is 0. The van der Waals surface area contributed by atoms with Crippen molar-refractivity contribution in [1.29, 1.82) is 0 Å². The lowest BCUT2D eigenvalue weighted by Gasteiger charge is -2.38.